The molecule has 0 heterocycles. The van der Waals surface area contributed by atoms with E-state index in [0.717, 1.165) is 12.1 Å². The second-order valence-corrected chi connectivity index (χ2v) is 1.85. The Labute approximate surface area is 50.3 Å². The van der Waals surface area contributed by atoms with Gasteiger partial charge in [0, 0.05) is 5.71 Å². The molecule has 0 aromatic heterocycles. The van der Waals surface area contributed by atoms with E-state index >= 15 is 0 Å². The number of hydrogen-bond donors (Lipinski definition) is 1. The van der Waals surface area contributed by atoms with Crippen LogP contribution in [0.5, 0.6) is 0 Å². The predicted octanol–water partition coefficient (Wildman–Crippen LogP) is 1.20. The fraction of sp³-hybridized carbons (Fsp3) is 0.833. The van der Waals surface area contributed by atoms with Crippen molar-refractivity contribution >= 4 is 5.71 Å². The topological polar surface area (TPSA) is 32.6 Å². The van der Waals surface area contributed by atoms with Gasteiger partial charge in [0.15, 0.2) is 0 Å². The van der Waals surface area contributed by atoms with E-state index in [1.807, 2.05) is 13.8 Å². The van der Waals surface area contributed by atoms with Gasteiger partial charge in [-0.3, -0.25) is 4.99 Å². The van der Waals surface area contributed by atoms with Crippen LogP contribution in [0, 0.1) is 0 Å². The Morgan fingerprint density at radius 1 is 1.75 bits per heavy atom. The molecule has 0 rings (SSSR count). The number of aliphatic imine (C=N–C) groups is 1. The number of aliphatic hydroxyl groups excluding tert-OH is 1. The lowest BCUT2D eigenvalue weighted by Crippen LogP contribution is -1.99. The lowest BCUT2D eigenvalue weighted by atomic mass is 10.3. The van der Waals surface area contributed by atoms with Gasteiger partial charge in [0.2, 0.25) is 0 Å². The molecule has 1 atom stereocenters. The Kier molecular flexibility index (Phi) is 3.44. The molecule has 0 aromatic carbocycles. The van der Waals surface area contributed by atoms with E-state index in [1.165, 1.54) is 0 Å². The summed E-state index contributed by atoms with van der Waals surface area (Å²) in [6.07, 6.45) is 0.389. The summed E-state index contributed by atoms with van der Waals surface area (Å²) >= 11 is 0. The third-order valence-corrected chi connectivity index (χ3v) is 0.919. The molecule has 0 amide bonds. The normalized spacial score (nSPS) is 16.2. The average molecular weight is 115 g/mol. The summed E-state index contributed by atoms with van der Waals surface area (Å²) in [5.74, 6) is 0. The van der Waals surface area contributed by atoms with E-state index < -0.39 is 6.23 Å². The molecule has 0 bridgehead atoms. The summed E-state index contributed by atoms with van der Waals surface area (Å²) in [5.41, 5.74) is 1.00. The van der Waals surface area contributed by atoms with Gasteiger partial charge in [-0.1, -0.05) is 6.92 Å². The van der Waals surface area contributed by atoms with Gasteiger partial charge < -0.3 is 5.11 Å². The van der Waals surface area contributed by atoms with Crippen LogP contribution in [0.25, 0.3) is 0 Å². The number of hydrogen-bond acceptors (Lipinski definition) is 2. The van der Waals surface area contributed by atoms with Crippen LogP contribution < -0.4 is 0 Å². The van der Waals surface area contributed by atoms with E-state index in [1.54, 1.807) is 6.92 Å². The fourth-order valence-electron chi connectivity index (χ4n) is 0.410. The fourth-order valence-corrected chi connectivity index (χ4v) is 0.410. The molecule has 1 N–H and O–H groups in total. The van der Waals surface area contributed by atoms with Crippen LogP contribution >= 0.6 is 0 Å². The van der Waals surface area contributed by atoms with E-state index in [-0.39, 0.29) is 0 Å². The molecule has 0 aliphatic rings. The van der Waals surface area contributed by atoms with Crippen LogP contribution in [0.2, 0.25) is 0 Å². The van der Waals surface area contributed by atoms with E-state index in [2.05, 4.69) is 4.99 Å². The van der Waals surface area contributed by atoms with Crippen molar-refractivity contribution in [1.82, 2.24) is 0 Å². The first-order valence-corrected chi connectivity index (χ1v) is 2.88. The Balaban J connectivity index is 3.56. The predicted molar refractivity (Wildman–Crippen MR) is 35.1 cm³/mol. The van der Waals surface area contributed by atoms with Gasteiger partial charge >= 0.3 is 0 Å². The third-order valence-electron chi connectivity index (χ3n) is 0.919. The zero-order valence-corrected chi connectivity index (χ0v) is 5.68. The SMILES string of the molecule is CCC(C)=NC(C)O. The van der Waals surface area contributed by atoms with Crippen molar-refractivity contribution in [3.8, 4) is 0 Å². The van der Waals surface area contributed by atoms with Crippen LogP contribution in [-0.4, -0.2) is 17.0 Å². The molecule has 0 saturated heterocycles. The smallest absolute Gasteiger partial charge is 0.142 e. The molecule has 48 valence electrons. The summed E-state index contributed by atoms with van der Waals surface area (Å²) in [6.45, 7) is 5.58. The van der Waals surface area contributed by atoms with Gasteiger partial charge in [0.1, 0.15) is 6.23 Å². The van der Waals surface area contributed by atoms with Crippen molar-refractivity contribution in [1.29, 1.82) is 0 Å². The minimum Gasteiger partial charge on any atom is -0.372 e. The zero-order chi connectivity index (χ0) is 6.57. The van der Waals surface area contributed by atoms with E-state index in [0.29, 0.717) is 0 Å². The molecule has 1 unspecified atom stereocenters. The van der Waals surface area contributed by atoms with Gasteiger partial charge in [0.25, 0.3) is 0 Å². The molecule has 2 nitrogen and oxygen atoms in total. The third kappa shape index (κ3) is 3.81. The van der Waals surface area contributed by atoms with Gasteiger partial charge in [-0.05, 0) is 20.3 Å². The quantitative estimate of drug-likeness (QED) is 0.539. The summed E-state index contributed by atoms with van der Waals surface area (Å²) in [5, 5.41) is 8.67. The second-order valence-electron chi connectivity index (χ2n) is 1.85. The van der Waals surface area contributed by atoms with Crippen molar-refractivity contribution in [3.05, 3.63) is 0 Å². The molecule has 0 fully saturated rings. The first kappa shape index (κ1) is 7.63. The van der Waals surface area contributed by atoms with Crippen LogP contribution in [-0.2, 0) is 0 Å². The summed E-state index contributed by atoms with van der Waals surface area (Å²) in [7, 11) is 0. The highest BCUT2D eigenvalue weighted by atomic mass is 16.3. The highest BCUT2D eigenvalue weighted by molar-refractivity contribution is 5.81. The Morgan fingerprint density at radius 2 is 2.25 bits per heavy atom. The van der Waals surface area contributed by atoms with E-state index in [4.69, 9.17) is 5.11 Å². The number of aliphatic hydroxyl groups is 1. The minimum absolute atomic E-state index is 0.532. The van der Waals surface area contributed by atoms with Crippen LogP contribution in [0.3, 0.4) is 0 Å². The molecule has 2 heteroatoms. The zero-order valence-electron chi connectivity index (χ0n) is 5.68. The van der Waals surface area contributed by atoms with Crippen LogP contribution in [0.4, 0.5) is 0 Å². The van der Waals surface area contributed by atoms with Gasteiger partial charge in [-0.15, -0.1) is 0 Å². The molecule has 0 aliphatic heterocycles. The largest absolute Gasteiger partial charge is 0.372 e. The van der Waals surface area contributed by atoms with Crippen molar-refractivity contribution in [3.63, 3.8) is 0 Å². The number of rotatable bonds is 2. The van der Waals surface area contributed by atoms with Crippen LogP contribution in [0.15, 0.2) is 4.99 Å². The summed E-state index contributed by atoms with van der Waals surface area (Å²) in [6, 6.07) is 0. The lowest BCUT2D eigenvalue weighted by Gasteiger charge is -1.96. The maximum atomic E-state index is 8.67. The monoisotopic (exact) mass is 115 g/mol. The first-order valence-electron chi connectivity index (χ1n) is 2.88. The lowest BCUT2D eigenvalue weighted by molar-refractivity contribution is 0.205. The Morgan fingerprint density at radius 3 is 2.38 bits per heavy atom. The molecule has 0 aliphatic carbocycles. The van der Waals surface area contributed by atoms with Crippen molar-refractivity contribution in [2.45, 2.75) is 33.4 Å². The molecule has 0 radical (unpaired) electrons. The Hall–Kier alpha value is -0.370. The maximum absolute atomic E-state index is 8.67. The standard InChI is InChI=1S/C6H13NO/c1-4-5(2)7-6(3)8/h6,8H,4H2,1-3H3. The second kappa shape index (κ2) is 3.61. The Bertz CT molecular complexity index is 86.5. The average Bonchev–Trinajstić information content (AvgIpc) is 1.65. The highest BCUT2D eigenvalue weighted by Gasteiger charge is 1.88. The first-order chi connectivity index (χ1) is 3.66. The molecular weight excluding hydrogens is 102 g/mol. The van der Waals surface area contributed by atoms with Gasteiger partial charge in [0.05, 0.1) is 0 Å². The van der Waals surface area contributed by atoms with Crippen molar-refractivity contribution in [2.75, 3.05) is 0 Å². The van der Waals surface area contributed by atoms with Gasteiger partial charge in [-0.25, -0.2) is 0 Å². The minimum atomic E-state index is -0.532. The molecule has 0 saturated carbocycles. The van der Waals surface area contributed by atoms with Crippen LogP contribution in [0.1, 0.15) is 27.2 Å². The summed E-state index contributed by atoms with van der Waals surface area (Å²) < 4.78 is 0. The number of nitrogens with zero attached hydrogens (tertiary/aromatic N) is 1. The van der Waals surface area contributed by atoms with Gasteiger partial charge in [-0.2, -0.15) is 0 Å². The molecular formula is C6H13NO. The molecule has 0 spiro atoms. The maximum Gasteiger partial charge on any atom is 0.142 e. The molecule has 8 heavy (non-hydrogen) atoms. The summed E-state index contributed by atoms with van der Waals surface area (Å²) in [4.78, 5) is 3.87. The van der Waals surface area contributed by atoms with Crippen molar-refractivity contribution < 1.29 is 5.11 Å². The molecule has 0 aromatic rings. The highest BCUT2D eigenvalue weighted by Crippen LogP contribution is 1.87. The van der Waals surface area contributed by atoms with Crippen molar-refractivity contribution in [2.24, 2.45) is 4.99 Å². The van der Waals surface area contributed by atoms with E-state index in [9.17, 15) is 0 Å².